The van der Waals surface area contributed by atoms with Crippen LogP contribution in [0.2, 0.25) is 0 Å². The van der Waals surface area contributed by atoms with Gasteiger partial charge >= 0.3 is 18.3 Å². The van der Waals surface area contributed by atoms with Gasteiger partial charge in [0.15, 0.2) is 5.78 Å². The van der Waals surface area contributed by atoms with Crippen LogP contribution in [0.1, 0.15) is 59.4 Å². The number of H-pyrrole nitrogens is 1. The lowest BCUT2D eigenvalue weighted by Gasteiger charge is -2.38. The number of aromatic nitrogens is 1. The molecule has 0 aliphatic rings. The number of rotatable bonds is 9. The number of carbonyl (C=O) groups excluding carboxylic acids is 2. The fourth-order valence-corrected chi connectivity index (χ4v) is 5.29. The van der Waals surface area contributed by atoms with E-state index in [1.165, 1.54) is 6.20 Å². The molecule has 4 aromatic rings. The molecule has 0 aliphatic carbocycles. The van der Waals surface area contributed by atoms with Gasteiger partial charge in [-0.1, -0.05) is 43.3 Å². The molecule has 0 bridgehead atoms. The molecule has 0 saturated carbocycles. The van der Waals surface area contributed by atoms with Gasteiger partial charge in [0.25, 0.3) is 0 Å². The Labute approximate surface area is 232 Å². The highest BCUT2D eigenvalue weighted by molar-refractivity contribution is 6.07. The molecule has 2 unspecified atom stereocenters. The van der Waals surface area contributed by atoms with Crippen molar-refractivity contribution in [2.45, 2.75) is 44.5 Å². The Balaban J connectivity index is 2.01. The van der Waals surface area contributed by atoms with Crippen molar-refractivity contribution in [3.63, 3.8) is 0 Å². The zero-order valence-electron chi connectivity index (χ0n) is 22.2. The second-order valence-corrected chi connectivity index (χ2v) is 9.82. The monoisotopic (exact) mass is 575 g/mol. The number of ether oxygens (including phenoxy) is 1. The predicted octanol–water partition coefficient (Wildman–Crippen LogP) is 8.35. The summed E-state index contributed by atoms with van der Waals surface area (Å²) < 4.78 is 87.7. The molecule has 0 saturated heterocycles. The minimum atomic E-state index is -5.14. The first-order valence-electron chi connectivity index (χ1n) is 12.9. The van der Waals surface area contributed by atoms with Gasteiger partial charge in [-0.25, -0.2) is 0 Å². The average molecular weight is 576 g/mol. The number of carbonyl (C=O) groups is 2. The number of alkyl halides is 6. The van der Waals surface area contributed by atoms with Crippen molar-refractivity contribution >= 4 is 22.5 Å². The van der Waals surface area contributed by atoms with E-state index in [4.69, 9.17) is 4.74 Å². The van der Waals surface area contributed by atoms with Crippen LogP contribution in [0.5, 0.6) is 0 Å². The summed E-state index contributed by atoms with van der Waals surface area (Å²) in [6.45, 7) is 3.41. The average Bonchev–Trinajstić information content (AvgIpc) is 3.46. The fraction of sp³-hybridized carbons (Fsp3) is 0.290. The Kier molecular flexibility index (Phi) is 8.33. The van der Waals surface area contributed by atoms with Crippen LogP contribution in [0.4, 0.5) is 26.3 Å². The van der Waals surface area contributed by atoms with Crippen LogP contribution >= 0.6 is 0 Å². The SMILES string of the molecule is CCOC(=O)CCC(C)C(C(=O)c1cc(C(F)(F)F)cc(C(F)(F)F)c1)(c1ccc2ccccc2c1)c1ccc[nH]1. The maximum atomic E-state index is 14.6. The third-order valence-corrected chi connectivity index (χ3v) is 7.26. The van der Waals surface area contributed by atoms with Crippen molar-refractivity contribution in [2.24, 2.45) is 5.92 Å². The van der Waals surface area contributed by atoms with Crippen LogP contribution < -0.4 is 0 Å². The van der Waals surface area contributed by atoms with Crippen LogP contribution in [-0.2, 0) is 27.3 Å². The number of hydrogen-bond donors (Lipinski definition) is 1. The predicted molar refractivity (Wildman–Crippen MR) is 141 cm³/mol. The molecule has 0 radical (unpaired) electrons. The third kappa shape index (κ3) is 6.01. The van der Waals surface area contributed by atoms with E-state index in [-0.39, 0.29) is 31.2 Å². The molecule has 0 spiro atoms. The highest BCUT2D eigenvalue weighted by Crippen LogP contribution is 2.46. The number of halogens is 6. The molecule has 1 heterocycles. The Morgan fingerprint density at radius 1 is 0.805 bits per heavy atom. The minimum absolute atomic E-state index is 0.00664. The maximum absolute atomic E-state index is 14.6. The molecule has 0 aliphatic heterocycles. The standard InChI is InChI=1S/C31H27F6NO3/c1-3-41-27(39)13-10-19(2)29(26-9-6-14-38-26,23-12-11-20-7-4-5-8-21(20)15-23)28(40)22-16-24(30(32,33)34)18-25(17-22)31(35,36)37/h4-9,11-12,14-19,38H,3,10,13H2,1-2H3. The normalized spacial score (nSPS) is 14.4. The van der Waals surface area contributed by atoms with Gasteiger partial charge in [-0.15, -0.1) is 0 Å². The van der Waals surface area contributed by atoms with Gasteiger partial charge in [0, 0.05) is 23.9 Å². The van der Waals surface area contributed by atoms with Crippen LogP contribution in [-0.4, -0.2) is 23.3 Å². The summed E-state index contributed by atoms with van der Waals surface area (Å²) in [6.07, 6.45) is -8.81. The first kappa shape index (κ1) is 29.9. The Morgan fingerprint density at radius 2 is 1.44 bits per heavy atom. The van der Waals surface area contributed by atoms with Crippen LogP contribution in [0, 0.1) is 5.92 Å². The van der Waals surface area contributed by atoms with Gasteiger partial charge in [-0.05, 0) is 72.0 Å². The van der Waals surface area contributed by atoms with E-state index in [0.29, 0.717) is 23.1 Å². The number of nitrogens with one attached hydrogen (secondary N) is 1. The summed E-state index contributed by atoms with van der Waals surface area (Å²) in [4.78, 5) is 29.8. The van der Waals surface area contributed by atoms with Gasteiger partial charge < -0.3 is 9.72 Å². The van der Waals surface area contributed by atoms with Crippen LogP contribution in [0.25, 0.3) is 10.8 Å². The van der Waals surface area contributed by atoms with Crippen molar-refractivity contribution < 1.29 is 40.7 Å². The van der Waals surface area contributed by atoms with Crippen molar-refractivity contribution in [2.75, 3.05) is 6.61 Å². The first-order valence-corrected chi connectivity index (χ1v) is 12.9. The van der Waals surface area contributed by atoms with Gasteiger partial charge in [-0.3, -0.25) is 9.59 Å². The number of ketones is 1. The lowest BCUT2D eigenvalue weighted by atomic mass is 9.62. The highest BCUT2D eigenvalue weighted by atomic mass is 19.4. The molecule has 3 aromatic carbocycles. The molecule has 0 fully saturated rings. The van der Waals surface area contributed by atoms with E-state index in [0.717, 1.165) is 5.39 Å². The minimum Gasteiger partial charge on any atom is -0.466 e. The van der Waals surface area contributed by atoms with Gasteiger partial charge in [0.2, 0.25) is 0 Å². The van der Waals surface area contributed by atoms with E-state index >= 15 is 0 Å². The molecule has 1 N–H and O–H groups in total. The fourth-order valence-electron chi connectivity index (χ4n) is 5.29. The highest BCUT2D eigenvalue weighted by Gasteiger charge is 2.49. The number of esters is 1. The van der Waals surface area contributed by atoms with Crippen LogP contribution in [0.3, 0.4) is 0 Å². The smallest absolute Gasteiger partial charge is 0.416 e. The summed E-state index contributed by atoms with van der Waals surface area (Å²) in [5.74, 6) is -2.28. The third-order valence-electron chi connectivity index (χ3n) is 7.26. The molecular weight excluding hydrogens is 548 g/mol. The molecule has 1 aromatic heterocycles. The van der Waals surface area contributed by atoms with E-state index in [9.17, 15) is 35.9 Å². The summed E-state index contributed by atoms with van der Waals surface area (Å²) in [6, 6.07) is 16.3. The summed E-state index contributed by atoms with van der Waals surface area (Å²) >= 11 is 0. The van der Waals surface area contributed by atoms with Crippen molar-refractivity contribution in [1.82, 2.24) is 4.98 Å². The molecule has 4 nitrogen and oxygen atoms in total. The topological polar surface area (TPSA) is 59.2 Å². The molecule has 4 rings (SSSR count). The second kappa shape index (κ2) is 11.4. The van der Waals surface area contributed by atoms with Crippen LogP contribution in [0.15, 0.2) is 79.0 Å². The molecule has 2 atom stereocenters. The second-order valence-electron chi connectivity index (χ2n) is 9.82. The molecular formula is C31H27F6NO3. The maximum Gasteiger partial charge on any atom is 0.416 e. The summed E-state index contributed by atoms with van der Waals surface area (Å²) in [5, 5.41) is 1.54. The molecule has 216 valence electrons. The van der Waals surface area contributed by atoms with Gasteiger partial charge in [-0.2, -0.15) is 26.3 Å². The summed E-state index contributed by atoms with van der Waals surface area (Å²) in [5.41, 5.74) is -5.10. The van der Waals surface area contributed by atoms with Gasteiger partial charge in [0.1, 0.15) is 5.41 Å². The molecule has 0 amide bonds. The van der Waals surface area contributed by atoms with E-state index < -0.39 is 52.1 Å². The van der Waals surface area contributed by atoms with Crippen molar-refractivity contribution in [3.05, 3.63) is 107 Å². The number of Topliss-reactive ketones (excluding diaryl/α,β-unsaturated/α-hetero) is 1. The largest absolute Gasteiger partial charge is 0.466 e. The van der Waals surface area contributed by atoms with E-state index in [1.807, 2.05) is 12.1 Å². The van der Waals surface area contributed by atoms with E-state index in [1.54, 1.807) is 56.3 Å². The Hall–Kier alpha value is -4.08. The Morgan fingerprint density at radius 3 is 2.00 bits per heavy atom. The quantitative estimate of drug-likeness (QED) is 0.124. The lowest BCUT2D eigenvalue weighted by Crippen LogP contribution is -2.44. The molecule has 10 heteroatoms. The summed E-state index contributed by atoms with van der Waals surface area (Å²) in [7, 11) is 0. The lowest BCUT2D eigenvalue weighted by molar-refractivity contribution is -0.144. The Bertz CT molecular complexity index is 1510. The van der Waals surface area contributed by atoms with Crippen molar-refractivity contribution in [3.8, 4) is 0 Å². The first-order chi connectivity index (χ1) is 19.3. The zero-order valence-corrected chi connectivity index (χ0v) is 22.2. The van der Waals surface area contributed by atoms with Gasteiger partial charge in [0.05, 0.1) is 17.7 Å². The number of benzene rings is 3. The van der Waals surface area contributed by atoms with E-state index in [2.05, 4.69) is 4.98 Å². The number of fused-ring (bicyclic) bond motifs is 1. The zero-order chi connectivity index (χ0) is 30.0. The number of hydrogen-bond acceptors (Lipinski definition) is 3. The van der Waals surface area contributed by atoms with Crippen molar-refractivity contribution in [1.29, 1.82) is 0 Å². The number of aromatic amines is 1. The molecule has 41 heavy (non-hydrogen) atoms.